The van der Waals surface area contributed by atoms with Crippen molar-refractivity contribution in [2.45, 2.75) is 26.9 Å². The normalized spacial score (nSPS) is 10.2. The molecular weight excluding hydrogens is 266 g/mol. The Hall–Kier alpha value is -1.83. The van der Waals surface area contributed by atoms with E-state index in [0.717, 1.165) is 11.1 Å². The second-order valence-electron chi connectivity index (χ2n) is 5.08. The standard InChI is InChI=1S/C17H23NO3/c1-13(2)21-12-10-18(4)17(20)16-9-5-7-15(14(16)3)8-6-11-19/h5,7,9,13,19H,10-12H2,1-4H3. The number of carbonyl (C=O) groups is 1. The molecule has 0 unspecified atom stereocenters. The summed E-state index contributed by atoms with van der Waals surface area (Å²) in [5.41, 5.74) is 2.23. The Morgan fingerprint density at radius 3 is 2.76 bits per heavy atom. The lowest BCUT2D eigenvalue weighted by Crippen LogP contribution is -2.31. The highest BCUT2D eigenvalue weighted by Crippen LogP contribution is 2.14. The molecule has 0 aliphatic rings. The number of benzene rings is 1. The molecular formula is C17H23NO3. The van der Waals surface area contributed by atoms with Gasteiger partial charge >= 0.3 is 0 Å². The number of ether oxygens (including phenoxy) is 1. The van der Waals surface area contributed by atoms with Crippen molar-refractivity contribution in [1.82, 2.24) is 4.90 Å². The molecule has 1 N–H and O–H groups in total. The topological polar surface area (TPSA) is 49.8 Å². The fourth-order valence-corrected chi connectivity index (χ4v) is 1.87. The second-order valence-corrected chi connectivity index (χ2v) is 5.08. The van der Waals surface area contributed by atoms with Crippen LogP contribution in [0.4, 0.5) is 0 Å². The highest BCUT2D eigenvalue weighted by Gasteiger charge is 2.15. The lowest BCUT2D eigenvalue weighted by Gasteiger charge is -2.19. The van der Waals surface area contributed by atoms with Crippen molar-refractivity contribution in [2.75, 3.05) is 26.8 Å². The fraction of sp³-hybridized carbons (Fsp3) is 0.471. The Morgan fingerprint density at radius 1 is 1.43 bits per heavy atom. The van der Waals surface area contributed by atoms with Crippen molar-refractivity contribution in [2.24, 2.45) is 0 Å². The van der Waals surface area contributed by atoms with Gasteiger partial charge in [0.2, 0.25) is 0 Å². The summed E-state index contributed by atoms with van der Waals surface area (Å²) in [5.74, 6) is 5.42. The third-order valence-corrected chi connectivity index (χ3v) is 3.09. The van der Waals surface area contributed by atoms with Crippen molar-refractivity contribution < 1.29 is 14.6 Å². The predicted octanol–water partition coefficient (Wildman–Crippen LogP) is 1.84. The van der Waals surface area contributed by atoms with Crippen LogP contribution in [0.2, 0.25) is 0 Å². The van der Waals surface area contributed by atoms with Gasteiger partial charge < -0.3 is 14.7 Å². The summed E-state index contributed by atoms with van der Waals surface area (Å²) < 4.78 is 5.46. The average Bonchev–Trinajstić information content (AvgIpc) is 2.45. The van der Waals surface area contributed by atoms with Crippen LogP contribution in [0, 0.1) is 18.8 Å². The number of rotatable bonds is 5. The van der Waals surface area contributed by atoms with Gasteiger partial charge in [-0.05, 0) is 38.5 Å². The molecule has 0 aliphatic heterocycles. The van der Waals surface area contributed by atoms with Gasteiger partial charge in [0.1, 0.15) is 6.61 Å². The number of aliphatic hydroxyl groups is 1. The van der Waals surface area contributed by atoms with Gasteiger partial charge in [-0.3, -0.25) is 4.79 Å². The van der Waals surface area contributed by atoms with Gasteiger partial charge in [-0.15, -0.1) is 0 Å². The number of likely N-dealkylation sites (N-methyl/N-ethyl adjacent to an activating group) is 1. The average molecular weight is 289 g/mol. The number of carbonyl (C=O) groups excluding carboxylic acids is 1. The molecule has 4 nitrogen and oxygen atoms in total. The SMILES string of the molecule is Cc1c(C#CCO)cccc1C(=O)N(C)CCOC(C)C. The van der Waals surface area contributed by atoms with Gasteiger partial charge in [0.05, 0.1) is 12.7 Å². The molecule has 0 atom stereocenters. The van der Waals surface area contributed by atoms with Gasteiger partial charge in [0.25, 0.3) is 5.91 Å². The van der Waals surface area contributed by atoms with Crippen molar-refractivity contribution in [3.05, 3.63) is 34.9 Å². The highest BCUT2D eigenvalue weighted by atomic mass is 16.5. The first kappa shape index (κ1) is 17.2. The first-order valence-corrected chi connectivity index (χ1v) is 7.03. The van der Waals surface area contributed by atoms with Gasteiger partial charge in [0, 0.05) is 24.7 Å². The molecule has 4 heteroatoms. The summed E-state index contributed by atoms with van der Waals surface area (Å²) in [7, 11) is 1.76. The largest absolute Gasteiger partial charge is 0.384 e. The Bertz CT molecular complexity index is 541. The van der Waals surface area contributed by atoms with E-state index in [-0.39, 0.29) is 18.6 Å². The minimum atomic E-state index is -0.190. The van der Waals surface area contributed by atoms with Crippen LogP contribution in [-0.2, 0) is 4.74 Å². The zero-order valence-electron chi connectivity index (χ0n) is 13.1. The summed E-state index contributed by atoms with van der Waals surface area (Å²) in [6.07, 6.45) is 0.160. The quantitative estimate of drug-likeness (QED) is 0.841. The summed E-state index contributed by atoms with van der Waals surface area (Å²) in [4.78, 5) is 14.1. The lowest BCUT2D eigenvalue weighted by molar-refractivity contribution is 0.0531. The summed E-state index contributed by atoms with van der Waals surface area (Å²) in [6, 6.07) is 5.44. The molecule has 0 saturated carbocycles. The van der Waals surface area contributed by atoms with E-state index in [2.05, 4.69) is 11.8 Å². The molecule has 0 bridgehead atoms. The monoisotopic (exact) mass is 289 g/mol. The van der Waals surface area contributed by atoms with E-state index >= 15 is 0 Å². The Kier molecular flexibility index (Phi) is 6.93. The third kappa shape index (κ3) is 5.22. The van der Waals surface area contributed by atoms with Crippen LogP contribution in [0.3, 0.4) is 0 Å². The zero-order valence-corrected chi connectivity index (χ0v) is 13.1. The Labute approximate surface area is 126 Å². The number of nitrogens with zero attached hydrogens (tertiary/aromatic N) is 1. The van der Waals surface area contributed by atoms with E-state index in [9.17, 15) is 4.79 Å². The van der Waals surface area contributed by atoms with Crippen LogP contribution in [0.25, 0.3) is 0 Å². The van der Waals surface area contributed by atoms with E-state index in [1.807, 2.05) is 26.8 Å². The molecule has 0 aliphatic carbocycles. The predicted molar refractivity (Wildman–Crippen MR) is 83.2 cm³/mol. The van der Waals surface area contributed by atoms with Crippen LogP contribution >= 0.6 is 0 Å². The molecule has 1 amide bonds. The number of aliphatic hydroxyl groups excluding tert-OH is 1. The smallest absolute Gasteiger partial charge is 0.253 e. The van der Waals surface area contributed by atoms with Crippen molar-refractivity contribution in [3.63, 3.8) is 0 Å². The summed E-state index contributed by atoms with van der Waals surface area (Å²) in [6.45, 7) is 6.67. The molecule has 0 spiro atoms. The maximum atomic E-state index is 12.4. The first-order valence-electron chi connectivity index (χ1n) is 7.03. The molecule has 1 aromatic carbocycles. The van der Waals surface area contributed by atoms with Crippen molar-refractivity contribution >= 4 is 5.91 Å². The number of amides is 1. The van der Waals surface area contributed by atoms with E-state index < -0.39 is 0 Å². The van der Waals surface area contributed by atoms with Crippen LogP contribution in [0.5, 0.6) is 0 Å². The molecule has 0 fully saturated rings. The van der Waals surface area contributed by atoms with Crippen molar-refractivity contribution in [3.8, 4) is 11.8 Å². The van der Waals surface area contributed by atoms with E-state index in [1.54, 1.807) is 24.1 Å². The van der Waals surface area contributed by atoms with Crippen LogP contribution in [-0.4, -0.2) is 48.8 Å². The fourth-order valence-electron chi connectivity index (χ4n) is 1.87. The molecule has 114 valence electrons. The van der Waals surface area contributed by atoms with E-state index in [4.69, 9.17) is 9.84 Å². The van der Waals surface area contributed by atoms with E-state index in [1.165, 1.54) is 0 Å². The molecule has 0 aromatic heterocycles. The van der Waals surface area contributed by atoms with Crippen LogP contribution in [0.15, 0.2) is 18.2 Å². The zero-order chi connectivity index (χ0) is 15.8. The Balaban J connectivity index is 2.82. The maximum absolute atomic E-state index is 12.4. The van der Waals surface area contributed by atoms with Gasteiger partial charge in [-0.25, -0.2) is 0 Å². The molecule has 0 heterocycles. The summed E-state index contributed by atoms with van der Waals surface area (Å²) in [5, 5.41) is 8.76. The molecule has 1 rings (SSSR count). The van der Waals surface area contributed by atoms with Crippen molar-refractivity contribution in [1.29, 1.82) is 0 Å². The number of hydrogen-bond acceptors (Lipinski definition) is 3. The molecule has 0 radical (unpaired) electrons. The second kappa shape index (κ2) is 8.46. The van der Waals surface area contributed by atoms with Crippen LogP contribution < -0.4 is 0 Å². The molecule has 21 heavy (non-hydrogen) atoms. The van der Waals surface area contributed by atoms with Gasteiger partial charge in [-0.2, -0.15) is 0 Å². The van der Waals surface area contributed by atoms with E-state index in [0.29, 0.717) is 18.7 Å². The third-order valence-electron chi connectivity index (χ3n) is 3.09. The van der Waals surface area contributed by atoms with Gasteiger partial charge in [0.15, 0.2) is 0 Å². The first-order chi connectivity index (χ1) is 9.97. The summed E-state index contributed by atoms with van der Waals surface area (Å²) >= 11 is 0. The number of hydrogen-bond donors (Lipinski definition) is 1. The minimum Gasteiger partial charge on any atom is -0.384 e. The van der Waals surface area contributed by atoms with Gasteiger partial charge in [-0.1, -0.05) is 17.9 Å². The minimum absolute atomic E-state index is 0.0486. The highest BCUT2D eigenvalue weighted by molar-refractivity contribution is 5.96. The molecule has 0 saturated heterocycles. The molecule has 1 aromatic rings. The Morgan fingerprint density at radius 2 is 2.14 bits per heavy atom. The lowest BCUT2D eigenvalue weighted by atomic mass is 10.0. The van der Waals surface area contributed by atoms with Crippen LogP contribution in [0.1, 0.15) is 35.3 Å². The maximum Gasteiger partial charge on any atom is 0.253 e.